The van der Waals surface area contributed by atoms with Gasteiger partial charge in [0.1, 0.15) is 0 Å². The predicted octanol–water partition coefficient (Wildman–Crippen LogP) is 1.18. The molecule has 0 heterocycles. The van der Waals surface area contributed by atoms with Crippen LogP contribution in [0.25, 0.3) is 0 Å². The lowest BCUT2D eigenvalue weighted by Crippen LogP contribution is -2.00. The van der Waals surface area contributed by atoms with Crippen molar-refractivity contribution in [2.75, 3.05) is 6.61 Å². The van der Waals surface area contributed by atoms with Crippen molar-refractivity contribution in [2.45, 2.75) is 13.5 Å². The summed E-state index contributed by atoms with van der Waals surface area (Å²) in [4.78, 5) is 4.43. The predicted molar refractivity (Wildman–Crippen MR) is 48.3 cm³/mol. The first kappa shape index (κ1) is 9.83. The van der Waals surface area contributed by atoms with Crippen LogP contribution in [0.1, 0.15) is 12.5 Å². The molecular formula is C9H13NO3. The number of para-hydroxylation sites is 1. The molecule has 1 aromatic rings. The lowest BCUT2D eigenvalue weighted by molar-refractivity contribution is 0.121. The largest absolute Gasteiger partial charge is 0.504 e. The van der Waals surface area contributed by atoms with Gasteiger partial charge in [0.15, 0.2) is 11.5 Å². The molecule has 13 heavy (non-hydrogen) atoms. The van der Waals surface area contributed by atoms with Crippen LogP contribution in [-0.2, 0) is 11.4 Å². The molecule has 0 aliphatic carbocycles. The van der Waals surface area contributed by atoms with Gasteiger partial charge in [-0.05, 0) is 13.0 Å². The highest BCUT2D eigenvalue weighted by atomic mass is 16.6. The van der Waals surface area contributed by atoms with E-state index < -0.39 is 0 Å². The maximum absolute atomic E-state index is 9.59. The van der Waals surface area contributed by atoms with Crippen LogP contribution in [0.4, 0.5) is 0 Å². The molecule has 0 radical (unpaired) electrons. The van der Waals surface area contributed by atoms with E-state index in [1.165, 1.54) is 0 Å². The smallest absolute Gasteiger partial charge is 0.163 e. The second-order valence-electron chi connectivity index (χ2n) is 2.51. The Kier molecular flexibility index (Phi) is 3.54. The van der Waals surface area contributed by atoms with E-state index in [2.05, 4.69) is 4.84 Å². The van der Waals surface area contributed by atoms with E-state index in [1.54, 1.807) is 18.2 Å². The van der Waals surface area contributed by atoms with Crippen molar-refractivity contribution in [3.8, 4) is 11.5 Å². The summed E-state index contributed by atoms with van der Waals surface area (Å²) in [6, 6.07) is 5.20. The van der Waals surface area contributed by atoms with Crippen LogP contribution >= 0.6 is 0 Å². The number of ether oxygens (including phenoxy) is 1. The average Bonchev–Trinajstić information content (AvgIpc) is 2.13. The lowest BCUT2D eigenvalue weighted by Gasteiger charge is -2.08. The Labute approximate surface area is 76.8 Å². The van der Waals surface area contributed by atoms with Crippen molar-refractivity contribution in [3.63, 3.8) is 0 Å². The number of rotatable bonds is 4. The van der Waals surface area contributed by atoms with Gasteiger partial charge in [0.05, 0.1) is 13.2 Å². The molecule has 0 aromatic heterocycles. The van der Waals surface area contributed by atoms with Gasteiger partial charge in [-0.1, -0.05) is 12.1 Å². The fourth-order valence-corrected chi connectivity index (χ4v) is 1.05. The van der Waals surface area contributed by atoms with E-state index in [9.17, 15) is 5.11 Å². The molecule has 0 fully saturated rings. The van der Waals surface area contributed by atoms with Gasteiger partial charge in [-0.2, -0.15) is 0 Å². The summed E-state index contributed by atoms with van der Waals surface area (Å²) in [5, 5.41) is 9.59. The number of nitrogens with two attached hydrogens (primary N) is 1. The third-order valence-corrected chi connectivity index (χ3v) is 1.62. The highest BCUT2D eigenvalue weighted by molar-refractivity contribution is 5.44. The zero-order chi connectivity index (χ0) is 9.68. The standard InChI is InChI=1S/C9H13NO3/c1-2-12-8-5-3-4-7(6-13-10)9(8)11/h3-5,11H,2,6,10H2,1H3. The van der Waals surface area contributed by atoms with Gasteiger partial charge in [0.25, 0.3) is 0 Å². The van der Waals surface area contributed by atoms with Crippen LogP contribution in [0, 0.1) is 0 Å². The molecule has 0 saturated heterocycles. The van der Waals surface area contributed by atoms with E-state index >= 15 is 0 Å². The van der Waals surface area contributed by atoms with Gasteiger partial charge in [-0.15, -0.1) is 0 Å². The zero-order valence-corrected chi connectivity index (χ0v) is 7.49. The molecule has 1 rings (SSSR count). The molecule has 1 aromatic carbocycles. The molecule has 3 N–H and O–H groups in total. The Morgan fingerprint density at radius 3 is 2.85 bits per heavy atom. The van der Waals surface area contributed by atoms with Crippen LogP contribution in [-0.4, -0.2) is 11.7 Å². The quantitative estimate of drug-likeness (QED) is 0.688. The summed E-state index contributed by atoms with van der Waals surface area (Å²) in [6.45, 7) is 2.54. The van der Waals surface area contributed by atoms with Crippen molar-refractivity contribution >= 4 is 0 Å². The summed E-state index contributed by atoms with van der Waals surface area (Å²) in [6.07, 6.45) is 0. The highest BCUT2D eigenvalue weighted by Gasteiger charge is 2.06. The van der Waals surface area contributed by atoms with Crippen molar-refractivity contribution in [1.82, 2.24) is 0 Å². The first-order valence-electron chi connectivity index (χ1n) is 4.05. The molecule has 0 aliphatic rings. The van der Waals surface area contributed by atoms with Crippen molar-refractivity contribution < 1.29 is 14.7 Å². The van der Waals surface area contributed by atoms with Gasteiger partial charge < -0.3 is 9.84 Å². The minimum atomic E-state index is 0.0924. The molecule has 0 amide bonds. The van der Waals surface area contributed by atoms with Crippen LogP contribution in [0.15, 0.2) is 18.2 Å². The van der Waals surface area contributed by atoms with Crippen molar-refractivity contribution in [1.29, 1.82) is 0 Å². The maximum Gasteiger partial charge on any atom is 0.163 e. The van der Waals surface area contributed by atoms with Crippen molar-refractivity contribution in [2.24, 2.45) is 5.90 Å². The highest BCUT2D eigenvalue weighted by Crippen LogP contribution is 2.29. The molecule has 4 nitrogen and oxygen atoms in total. The Balaban J connectivity index is 2.89. The summed E-state index contributed by atoms with van der Waals surface area (Å²) < 4.78 is 5.18. The van der Waals surface area contributed by atoms with Crippen LogP contribution in [0.5, 0.6) is 11.5 Å². The SMILES string of the molecule is CCOc1cccc(CON)c1O. The van der Waals surface area contributed by atoms with Crippen LogP contribution < -0.4 is 10.6 Å². The Hall–Kier alpha value is -1.26. The van der Waals surface area contributed by atoms with E-state index in [4.69, 9.17) is 10.6 Å². The second kappa shape index (κ2) is 4.69. The molecule has 0 atom stereocenters. The molecular weight excluding hydrogens is 170 g/mol. The minimum absolute atomic E-state index is 0.0924. The minimum Gasteiger partial charge on any atom is -0.504 e. The number of hydrogen-bond donors (Lipinski definition) is 2. The fourth-order valence-electron chi connectivity index (χ4n) is 1.05. The summed E-state index contributed by atoms with van der Waals surface area (Å²) in [5.74, 6) is 5.45. The third kappa shape index (κ3) is 2.34. The van der Waals surface area contributed by atoms with E-state index in [1.807, 2.05) is 6.92 Å². The average molecular weight is 183 g/mol. The zero-order valence-electron chi connectivity index (χ0n) is 7.49. The summed E-state index contributed by atoms with van der Waals surface area (Å²) in [5.41, 5.74) is 0.619. The summed E-state index contributed by atoms with van der Waals surface area (Å²) in [7, 11) is 0. The van der Waals surface area contributed by atoms with E-state index in [0.717, 1.165) is 0 Å². The monoisotopic (exact) mass is 183 g/mol. The molecule has 0 spiro atoms. The number of phenolic OH excluding ortho intramolecular Hbond substituents is 1. The van der Waals surface area contributed by atoms with Crippen molar-refractivity contribution in [3.05, 3.63) is 23.8 Å². The van der Waals surface area contributed by atoms with Crippen LogP contribution in [0.2, 0.25) is 0 Å². The first-order valence-corrected chi connectivity index (χ1v) is 4.05. The van der Waals surface area contributed by atoms with Gasteiger partial charge in [0.2, 0.25) is 0 Å². The number of aromatic hydroxyl groups is 1. The topological polar surface area (TPSA) is 64.7 Å². The Bertz CT molecular complexity index is 251. The molecule has 0 unspecified atom stereocenters. The number of phenols is 1. The molecule has 0 bridgehead atoms. The fraction of sp³-hybridized carbons (Fsp3) is 0.333. The number of hydrogen-bond acceptors (Lipinski definition) is 4. The lowest BCUT2D eigenvalue weighted by atomic mass is 10.2. The maximum atomic E-state index is 9.59. The van der Waals surface area contributed by atoms with Crippen LogP contribution in [0.3, 0.4) is 0 Å². The molecule has 0 saturated carbocycles. The second-order valence-corrected chi connectivity index (χ2v) is 2.51. The van der Waals surface area contributed by atoms with Gasteiger partial charge >= 0.3 is 0 Å². The molecule has 0 aliphatic heterocycles. The summed E-state index contributed by atoms with van der Waals surface area (Å²) >= 11 is 0. The first-order chi connectivity index (χ1) is 6.29. The molecule has 72 valence electrons. The van der Waals surface area contributed by atoms with E-state index in [-0.39, 0.29) is 12.4 Å². The normalized spacial score (nSPS) is 10.0. The number of benzene rings is 1. The molecule has 4 heteroatoms. The Morgan fingerprint density at radius 2 is 2.23 bits per heavy atom. The third-order valence-electron chi connectivity index (χ3n) is 1.62. The Morgan fingerprint density at radius 1 is 1.46 bits per heavy atom. The van der Waals surface area contributed by atoms with E-state index in [0.29, 0.717) is 17.9 Å². The van der Waals surface area contributed by atoms with Gasteiger partial charge in [-0.3, -0.25) is 4.84 Å². The van der Waals surface area contributed by atoms with Gasteiger partial charge in [-0.25, -0.2) is 5.90 Å². The van der Waals surface area contributed by atoms with Gasteiger partial charge in [0, 0.05) is 5.56 Å².